The first kappa shape index (κ1) is 47.5. The molecule has 14 heteroatoms. The average molecular weight is 846 g/mol. The largest absolute Gasteiger partial charge is 2.00 e. The molecule has 2 heterocycles. The fourth-order valence-corrected chi connectivity index (χ4v) is 4.18. The van der Waals surface area contributed by atoms with Crippen LogP contribution in [0, 0.1) is 0 Å². The summed E-state index contributed by atoms with van der Waals surface area (Å²) in [5, 5.41) is 58.1. The minimum Gasteiger partial charge on any atom is -0.857 e. The fourth-order valence-electron chi connectivity index (χ4n) is 4.18. The summed E-state index contributed by atoms with van der Waals surface area (Å²) in [6, 6.07) is 48.0. The summed E-state index contributed by atoms with van der Waals surface area (Å²) < 4.78 is 0. The number of carbonyl (C=O) groups is 2. The number of aliphatic carboxylic acids is 2. The molecule has 0 aliphatic rings. The fraction of sp³-hybridized carbons (Fsp3) is 0.0476. The van der Waals surface area contributed by atoms with E-state index in [1.165, 1.54) is 0 Å². The van der Waals surface area contributed by atoms with E-state index in [0.717, 1.165) is 25.0 Å². The average Bonchev–Trinajstić information content (AvgIpc) is 3.20. The Morgan fingerprint density at radius 3 is 0.893 bits per heavy atom. The molecule has 0 spiro atoms. The molecule has 4 aromatic carbocycles. The molecule has 12 nitrogen and oxygen atoms in total. The van der Waals surface area contributed by atoms with Crippen molar-refractivity contribution >= 4 is 35.2 Å². The van der Waals surface area contributed by atoms with Gasteiger partial charge in [-0.1, -0.05) is 133 Å². The Balaban J connectivity index is 0.000000457. The number of nitrogens with zero attached hydrogens (tertiary/aromatic N) is 6. The number of hydrogen-bond acceptors (Lipinski definition) is 12. The smallest absolute Gasteiger partial charge is 0.857 e. The number of aromatic nitrogens is 2. The molecule has 290 valence electrons. The zero-order valence-corrected chi connectivity index (χ0v) is 31.8. The van der Waals surface area contributed by atoms with Gasteiger partial charge in [0.05, 0.1) is 11.4 Å². The molecular weight excluding hydrogens is 812 g/mol. The van der Waals surface area contributed by atoms with E-state index in [2.05, 4.69) is 30.4 Å². The molecule has 0 atom stereocenters. The van der Waals surface area contributed by atoms with Crippen LogP contribution in [0.2, 0.25) is 0 Å². The minimum absolute atomic E-state index is 0. The van der Waals surface area contributed by atoms with Gasteiger partial charge in [0.15, 0.2) is 0 Å². The van der Waals surface area contributed by atoms with Crippen molar-refractivity contribution in [3.63, 3.8) is 0 Å². The third kappa shape index (κ3) is 18.0. The summed E-state index contributed by atoms with van der Waals surface area (Å²) in [7, 11) is 0. The number of carboxylic acid groups (broad SMARTS) is 2. The van der Waals surface area contributed by atoms with Crippen LogP contribution in [0.4, 0.5) is 0 Å². The summed E-state index contributed by atoms with van der Waals surface area (Å²) >= 11 is 0. The molecule has 0 unspecified atom stereocenters. The maximum absolute atomic E-state index is 12.1. The van der Waals surface area contributed by atoms with Gasteiger partial charge in [0.25, 0.3) is 0 Å². The molecule has 6 rings (SSSR count). The van der Waals surface area contributed by atoms with Crippen LogP contribution in [0.25, 0.3) is 0 Å². The molecule has 0 saturated heterocycles. The van der Waals surface area contributed by atoms with Gasteiger partial charge in [0, 0.05) is 47.3 Å². The Labute approximate surface area is 345 Å². The van der Waals surface area contributed by atoms with Crippen LogP contribution >= 0.6 is 0 Å². The molecule has 0 N–H and O–H groups in total. The maximum Gasteiger partial charge on any atom is 2.00 e. The van der Waals surface area contributed by atoms with E-state index in [-0.39, 0.29) is 45.9 Å². The van der Waals surface area contributed by atoms with E-state index in [9.17, 15) is 10.2 Å². The van der Waals surface area contributed by atoms with Gasteiger partial charge in [-0.25, -0.2) is 0 Å². The first-order valence-electron chi connectivity index (χ1n) is 16.2. The van der Waals surface area contributed by atoms with Gasteiger partial charge in [-0.2, -0.15) is 10.2 Å². The van der Waals surface area contributed by atoms with Crippen molar-refractivity contribution < 1.29 is 64.2 Å². The molecule has 6 aromatic rings. The molecular formula is C42H34Cu2N6O6. The van der Waals surface area contributed by atoms with Gasteiger partial charge in [-0.3, -0.25) is 9.97 Å². The quantitative estimate of drug-likeness (QED) is 0.0963. The summed E-state index contributed by atoms with van der Waals surface area (Å²) in [6.45, 7) is 1.94. The van der Waals surface area contributed by atoms with Gasteiger partial charge in [0.1, 0.15) is 11.4 Å². The molecule has 2 radical (unpaired) electrons. The zero-order chi connectivity index (χ0) is 39.0. The molecule has 0 saturated carbocycles. The van der Waals surface area contributed by atoms with Gasteiger partial charge in [0.2, 0.25) is 0 Å². The Kier molecular flexibility index (Phi) is 23.0. The molecule has 0 bridgehead atoms. The van der Waals surface area contributed by atoms with Crippen LogP contribution in [0.3, 0.4) is 0 Å². The first-order valence-corrected chi connectivity index (χ1v) is 16.2. The standard InChI is InChI=1S/2C19H15N3O.2C2H4O2.2Cu/c2*23-19(16-11-5-2-6-12-16)22-21-18(15-9-3-1-4-10-15)17-13-7-8-14-20-17;2*1-2(3)4;;/h2*1-14H,(H,22,23);2*1H3,(H,3,4);;/q;;;;2*+2/p-4/b2*21-18+;;;;. The van der Waals surface area contributed by atoms with Gasteiger partial charge in [-0.15, -0.1) is 10.2 Å². The molecule has 0 aliphatic heterocycles. The van der Waals surface area contributed by atoms with Crippen LogP contribution in [-0.2, 0) is 43.7 Å². The minimum atomic E-state index is -1.08. The monoisotopic (exact) mass is 844 g/mol. The van der Waals surface area contributed by atoms with Crippen molar-refractivity contribution in [2.75, 3.05) is 0 Å². The van der Waals surface area contributed by atoms with Crippen LogP contribution in [-0.4, -0.2) is 45.1 Å². The second-order valence-electron chi connectivity index (χ2n) is 10.6. The number of pyridine rings is 2. The normalized spacial score (nSPS) is 10.9. The van der Waals surface area contributed by atoms with Crippen LogP contribution in [0.5, 0.6) is 0 Å². The van der Waals surface area contributed by atoms with E-state index >= 15 is 0 Å². The van der Waals surface area contributed by atoms with Crippen molar-refractivity contribution in [1.82, 2.24) is 9.97 Å². The number of benzene rings is 4. The van der Waals surface area contributed by atoms with Crippen LogP contribution < -0.4 is 20.4 Å². The third-order valence-electron chi connectivity index (χ3n) is 6.43. The third-order valence-corrected chi connectivity index (χ3v) is 6.43. The molecule has 0 fully saturated rings. The van der Waals surface area contributed by atoms with Crippen molar-refractivity contribution in [3.05, 3.63) is 204 Å². The Morgan fingerprint density at radius 2 is 0.643 bits per heavy atom. The summed E-state index contributed by atoms with van der Waals surface area (Å²) in [5.41, 5.74) is 5.19. The van der Waals surface area contributed by atoms with Crippen molar-refractivity contribution in [2.24, 2.45) is 20.4 Å². The summed E-state index contributed by atoms with van der Waals surface area (Å²) in [5.74, 6) is -2.93. The van der Waals surface area contributed by atoms with Gasteiger partial charge >= 0.3 is 34.1 Å². The number of carboxylic acids is 2. The van der Waals surface area contributed by atoms with Crippen molar-refractivity contribution in [1.29, 1.82) is 0 Å². The van der Waals surface area contributed by atoms with E-state index in [1.54, 1.807) is 60.9 Å². The predicted molar refractivity (Wildman–Crippen MR) is 200 cm³/mol. The molecule has 0 amide bonds. The Morgan fingerprint density at radius 1 is 0.393 bits per heavy atom. The summed E-state index contributed by atoms with van der Waals surface area (Å²) in [6.07, 6.45) is 3.37. The number of carbonyl (C=O) groups excluding carboxylic acids is 2. The predicted octanol–water partition coefficient (Wildman–Crippen LogP) is 2.79. The van der Waals surface area contributed by atoms with Crippen LogP contribution in [0.1, 0.15) is 47.5 Å². The molecule has 56 heavy (non-hydrogen) atoms. The second-order valence-corrected chi connectivity index (χ2v) is 10.6. The van der Waals surface area contributed by atoms with E-state index in [4.69, 9.17) is 19.8 Å². The van der Waals surface area contributed by atoms with E-state index in [1.807, 2.05) is 109 Å². The number of rotatable bonds is 8. The topological polar surface area (TPSA) is 202 Å². The second kappa shape index (κ2) is 27.1. The van der Waals surface area contributed by atoms with Crippen molar-refractivity contribution in [2.45, 2.75) is 13.8 Å². The molecule has 2 aromatic heterocycles. The maximum atomic E-state index is 12.1. The van der Waals surface area contributed by atoms with Crippen LogP contribution in [0.15, 0.2) is 191 Å². The van der Waals surface area contributed by atoms with Gasteiger partial charge < -0.3 is 30.0 Å². The SMILES string of the molecule is CC(=O)[O-].CC(=O)[O-].[Cu+2].[Cu+2].[O-]/C(=N\N=C(/c1ccccc1)c1ccccn1)c1ccccc1.[O-]/C(=N\N=C(/c1ccccc1)c1ccccn1)c1ccccc1. The van der Waals surface area contributed by atoms with Gasteiger partial charge in [-0.05, 0) is 49.2 Å². The molecule has 0 aliphatic carbocycles. The first-order chi connectivity index (χ1) is 26.2. The Hall–Kier alpha value is -6.56. The van der Waals surface area contributed by atoms with E-state index < -0.39 is 11.9 Å². The van der Waals surface area contributed by atoms with E-state index in [0.29, 0.717) is 33.9 Å². The number of hydrogen-bond donors (Lipinski definition) is 0. The Bertz CT molecular complexity index is 1900. The summed E-state index contributed by atoms with van der Waals surface area (Å²) in [4.78, 5) is 26.4. The van der Waals surface area contributed by atoms with Crippen molar-refractivity contribution in [3.8, 4) is 0 Å². The zero-order valence-electron chi connectivity index (χ0n) is 29.9.